The van der Waals surface area contributed by atoms with Crippen LogP contribution < -0.4 is 0 Å². The summed E-state index contributed by atoms with van der Waals surface area (Å²) in [4.78, 5) is 16.7. The third-order valence-electron chi connectivity index (χ3n) is 2.91. The summed E-state index contributed by atoms with van der Waals surface area (Å²) in [7, 11) is 1.48. The lowest BCUT2D eigenvalue weighted by Crippen LogP contribution is -2.30. The summed E-state index contributed by atoms with van der Waals surface area (Å²) in [5.41, 5.74) is 0. The first-order valence-electron chi connectivity index (χ1n) is 4.91. The Labute approximate surface area is 90.8 Å². The Morgan fingerprint density at radius 2 is 2.31 bits per heavy atom. The van der Waals surface area contributed by atoms with Gasteiger partial charge in [-0.05, 0) is 0 Å². The molecule has 1 fully saturated rings. The lowest BCUT2D eigenvalue weighted by atomic mass is 10.3. The van der Waals surface area contributed by atoms with Crippen molar-refractivity contribution in [2.75, 3.05) is 7.05 Å². The maximum Gasteiger partial charge on any atom is 0.263 e. The molecule has 5 nitrogen and oxygen atoms in total. The van der Waals surface area contributed by atoms with Crippen molar-refractivity contribution in [3.63, 3.8) is 0 Å². The highest BCUT2D eigenvalue weighted by Crippen LogP contribution is 2.55. The standard InChI is InChI=1S/C9H12F2N4O/c1-5-7(9(5,10)11)8(16)15(2)3-6-12-4-13-14-6/h4-5,7H,3H2,1-2H3,(H,12,13,14)/t5-,7+/m1/s1. The molecule has 88 valence electrons. The number of carbonyl (C=O) groups excluding carboxylic acids is 1. The molecule has 0 aromatic carbocycles. The van der Waals surface area contributed by atoms with Gasteiger partial charge in [-0.1, -0.05) is 6.92 Å². The van der Waals surface area contributed by atoms with E-state index in [9.17, 15) is 13.6 Å². The number of nitrogens with zero attached hydrogens (tertiary/aromatic N) is 3. The molecular formula is C9H12F2N4O. The van der Waals surface area contributed by atoms with Crippen LogP contribution in [0.1, 0.15) is 12.7 Å². The first kappa shape index (κ1) is 11.0. The maximum atomic E-state index is 13.0. The monoisotopic (exact) mass is 230 g/mol. The van der Waals surface area contributed by atoms with Gasteiger partial charge in [-0.15, -0.1) is 0 Å². The molecule has 1 N–H and O–H groups in total. The van der Waals surface area contributed by atoms with Crippen LogP contribution in [0.3, 0.4) is 0 Å². The summed E-state index contributed by atoms with van der Waals surface area (Å²) >= 11 is 0. The molecule has 1 heterocycles. The first-order chi connectivity index (χ1) is 7.44. The van der Waals surface area contributed by atoms with Crippen LogP contribution in [-0.4, -0.2) is 39.0 Å². The molecule has 2 rings (SSSR count). The van der Waals surface area contributed by atoms with Crippen molar-refractivity contribution in [1.82, 2.24) is 20.1 Å². The molecule has 1 aliphatic rings. The van der Waals surface area contributed by atoms with Crippen LogP contribution in [0.15, 0.2) is 6.33 Å². The zero-order valence-electron chi connectivity index (χ0n) is 8.94. The van der Waals surface area contributed by atoms with Crippen LogP contribution in [0.2, 0.25) is 0 Å². The van der Waals surface area contributed by atoms with Crippen molar-refractivity contribution >= 4 is 5.91 Å². The van der Waals surface area contributed by atoms with Gasteiger partial charge in [0.1, 0.15) is 18.1 Å². The van der Waals surface area contributed by atoms with E-state index < -0.39 is 23.7 Å². The lowest BCUT2D eigenvalue weighted by Gasteiger charge is -2.15. The van der Waals surface area contributed by atoms with Crippen molar-refractivity contribution in [2.45, 2.75) is 19.4 Å². The zero-order valence-corrected chi connectivity index (χ0v) is 8.94. The zero-order chi connectivity index (χ0) is 11.9. The largest absolute Gasteiger partial charge is 0.338 e. The average molecular weight is 230 g/mol. The Morgan fingerprint density at radius 3 is 2.75 bits per heavy atom. The second kappa shape index (κ2) is 3.50. The summed E-state index contributed by atoms with van der Waals surface area (Å²) < 4.78 is 26.0. The number of hydrogen-bond donors (Lipinski definition) is 1. The summed E-state index contributed by atoms with van der Waals surface area (Å²) in [6.07, 6.45) is 1.31. The molecule has 1 saturated carbocycles. The van der Waals surface area contributed by atoms with Gasteiger partial charge in [0.2, 0.25) is 5.91 Å². The van der Waals surface area contributed by atoms with E-state index in [4.69, 9.17) is 0 Å². The van der Waals surface area contributed by atoms with Gasteiger partial charge in [0, 0.05) is 13.0 Å². The number of nitrogens with one attached hydrogen (secondary N) is 1. The molecule has 0 saturated heterocycles. The van der Waals surface area contributed by atoms with E-state index in [1.54, 1.807) is 0 Å². The predicted molar refractivity (Wildman–Crippen MR) is 50.5 cm³/mol. The topological polar surface area (TPSA) is 61.9 Å². The van der Waals surface area contributed by atoms with Gasteiger partial charge in [-0.3, -0.25) is 9.89 Å². The van der Waals surface area contributed by atoms with Gasteiger partial charge in [0.25, 0.3) is 5.92 Å². The molecular weight excluding hydrogens is 218 g/mol. The van der Waals surface area contributed by atoms with Gasteiger partial charge in [-0.2, -0.15) is 5.10 Å². The normalized spacial score (nSPS) is 26.5. The van der Waals surface area contributed by atoms with Crippen LogP contribution in [0.5, 0.6) is 0 Å². The summed E-state index contributed by atoms with van der Waals surface area (Å²) in [6.45, 7) is 1.54. The molecule has 0 unspecified atom stereocenters. The number of H-pyrrole nitrogens is 1. The Hall–Kier alpha value is -1.53. The quantitative estimate of drug-likeness (QED) is 0.829. The first-order valence-corrected chi connectivity index (χ1v) is 4.91. The molecule has 1 aliphatic carbocycles. The van der Waals surface area contributed by atoms with E-state index in [1.165, 1.54) is 25.2 Å². The maximum absolute atomic E-state index is 13.0. The van der Waals surface area contributed by atoms with Gasteiger partial charge in [0.05, 0.1) is 6.54 Å². The third kappa shape index (κ3) is 1.66. The SMILES string of the molecule is C[C@@H]1[C@@H](C(=O)N(C)Cc2ncn[nH]2)C1(F)F. The average Bonchev–Trinajstić information content (AvgIpc) is 2.62. The molecule has 1 amide bonds. The molecule has 2 atom stereocenters. The van der Waals surface area contributed by atoms with Crippen LogP contribution in [0.25, 0.3) is 0 Å². The lowest BCUT2D eigenvalue weighted by molar-refractivity contribution is -0.134. The number of carbonyl (C=O) groups is 1. The van der Waals surface area contributed by atoms with E-state index in [1.807, 2.05) is 0 Å². The van der Waals surface area contributed by atoms with Crippen molar-refractivity contribution in [2.24, 2.45) is 11.8 Å². The highest BCUT2D eigenvalue weighted by atomic mass is 19.3. The van der Waals surface area contributed by atoms with Crippen LogP contribution in [0, 0.1) is 11.8 Å². The van der Waals surface area contributed by atoms with Crippen molar-refractivity contribution in [1.29, 1.82) is 0 Å². The van der Waals surface area contributed by atoms with Crippen molar-refractivity contribution < 1.29 is 13.6 Å². The van der Waals surface area contributed by atoms with Crippen molar-refractivity contribution in [3.8, 4) is 0 Å². The second-order valence-corrected chi connectivity index (χ2v) is 4.07. The van der Waals surface area contributed by atoms with E-state index in [0.29, 0.717) is 5.82 Å². The van der Waals surface area contributed by atoms with E-state index in [-0.39, 0.29) is 6.54 Å². The Kier molecular flexibility index (Phi) is 2.40. The van der Waals surface area contributed by atoms with E-state index in [2.05, 4.69) is 15.2 Å². The predicted octanol–water partition coefficient (Wildman–Crippen LogP) is 0.664. The highest BCUT2D eigenvalue weighted by Gasteiger charge is 2.69. The molecule has 1 aromatic heterocycles. The van der Waals surface area contributed by atoms with Crippen molar-refractivity contribution in [3.05, 3.63) is 12.2 Å². The number of halogens is 2. The van der Waals surface area contributed by atoms with E-state index >= 15 is 0 Å². The molecule has 0 aliphatic heterocycles. The fourth-order valence-corrected chi connectivity index (χ4v) is 1.71. The van der Waals surface area contributed by atoms with Crippen LogP contribution >= 0.6 is 0 Å². The Balaban J connectivity index is 1.96. The number of aromatic nitrogens is 3. The van der Waals surface area contributed by atoms with Gasteiger partial charge in [0.15, 0.2) is 0 Å². The number of hydrogen-bond acceptors (Lipinski definition) is 3. The number of rotatable bonds is 3. The Morgan fingerprint density at radius 1 is 1.69 bits per heavy atom. The summed E-state index contributed by atoms with van der Waals surface area (Å²) in [5.74, 6) is -4.97. The molecule has 7 heteroatoms. The summed E-state index contributed by atoms with van der Waals surface area (Å²) in [5, 5.41) is 6.19. The molecule has 0 radical (unpaired) electrons. The molecule has 16 heavy (non-hydrogen) atoms. The Bertz CT molecular complexity index is 392. The van der Waals surface area contributed by atoms with Gasteiger partial charge < -0.3 is 4.90 Å². The molecule has 1 aromatic rings. The molecule has 0 bridgehead atoms. The third-order valence-corrected chi connectivity index (χ3v) is 2.91. The van der Waals surface area contributed by atoms with Crippen LogP contribution in [0.4, 0.5) is 8.78 Å². The van der Waals surface area contributed by atoms with Crippen LogP contribution in [-0.2, 0) is 11.3 Å². The number of amides is 1. The highest BCUT2D eigenvalue weighted by molar-refractivity contribution is 5.83. The second-order valence-electron chi connectivity index (χ2n) is 4.07. The minimum absolute atomic E-state index is 0.165. The minimum atomic E-state index is -2.85. The summed E-state index contributed by atoms with van der Waals surface area (Å²) in [6, 6.07) is 0. The number of aromatic amines is 1. The van der Waals surface area contributed by atoms with E-state index in [0.717, 1.165) is 0 Å². The van der Waals surface area contributed by atoms with Gasteiger partial charge in [-0.25, -0.2) is 13.8 Å². The smallest absolute Gasteiger partial charge is 0.263 e. The fourth-order valence-electron chi connectivity index (χ4n) is 1.71. The molecule has 0 spiro atoms. The fraction of sp³-hybridized carbons (Fsp3) is 0.667. The number of alkyl halides is 2. The van der Waals surface area contributed by atoms with Gasteiger partial charge >= 0.3 is 0 Å². The minimum Gasteiger partial charge on any atom is -0.338 e.